The molecule has 0 aromatic rings. The van der Waals surface area contributed by atoms with Crippen molar-refractivity contribution < 1.29 is 43.0 Å². The fourth-order valence-electron chi connectivity index (χ4n) is 5.12. The molecule has 0 saturated carbocycles. The van der Waals surface area contributed by atoms with Crippen LogP contribution in [0.3, 0.4) is 0 Å². The highest BCUT2D eigenvalue weighted by molar-refractivity contribution is 7.46. The van der Waals surface area contributed by atoms with E-state index in [1.165, 1.54) is 77.0 Å². The van der Waals surface area contributed by atoms with Crippen molar-refractivity contribution in [3.05, 3.63) is 60.8 Å². The third kappa shape index (κ3) is 38.8. The Kier molecular flexibility index (Phi) is 34.5. The number of phosphoric ester groups is 1. The van der Waals surface area contributed by atoms with Crippen LogP contribution in [0.15, 0.2) is 60.8 Å². The Labute approximate surface area is 309 Å². The number of esters is 2. The van der Waals surface area contributed by atoms with Crippen molar-refractivity contribution in [1.82, 2.24) is 0 Å². The monoisotopic (exact) mass is 738 g/mol. The minimum atomic E-state index is -4.78. The molecule has 9 nitrogen and oxygen atoms in total. The minimum Gasteiger partial charge on any atom is -0.462 e. The predicted octanol–water partition coefficient (Wildman–Crippen LogP) is 10.7. The molecule has 0 heterocycles. The molecular formula is C41H71O9P. The first-order valence-electron chi connectivity index (χ1n) is 19.7. The molecule has 0 aliphatic heterocycles. The number of carbonyl (C=O) groups excluding carboxylic acids is 2. The minimum absolute atomic E-state index is 0.119. The first-order valence-corrected chi connectivity index (χ1v) is 21.2. The first-order chi connectivity index (χ1) is 24.7. The van der Waals surface area contributed by atoms with Crippen molar-refractivity contribution in [3.8, 4) is 0 Å². The van der Waals surface area contributed by atoms with Gasteiger partial charge in [0.2, 0.25) is 0 Å². The van der Waals surface area contributed by atoms with Crippen molar-refractivity contribution in [1.29, 1.82) is 0 Å². The quantitative estimate of drug-likeness (QED) is 0.0190. The van der Waals surface area contributed by atoms with E-state index in [1.54, 1.807) is 6.08 Å². The summed E-state index contributed by atoms with van der Waals surface area (Å²) in [5.41, 5.74) is 0. The molecule has 0 saturated heterocycles. The number of rotatable bonds is 35. The Morgan fingerprint density at radius 2 is 1.10 bits per heavy atom. The third-order valence-corrected chi connectivity index (χ3v) is 8.69. The second-order valence-corrected chi connectivity index (χ2v) is 14.3. The molecule has 0 aromatic carbocycles. The number of hydrogen-bond donors (Lipinski definition) is 3. The smallest absolute Gasteiger partial charge is 0.462 e. The van der Waals surface area contributed by atoms with Gasteiger partial charge >= 0.3 is 19.8 Å². The van der Waals surface area contributed by atoms with E-state index < -0.39 is 32.5 Å². The molecule has 0 unspecified atom stereocenters. The standard InChI is InChI=1S/C41H71O9P/c1-3-5-6-7-8-9-10-11-12-16-19-22-25-28-31-34-40(43)48-36-39(37-49-51(45,46)47)50-41(44)35-32-29-26-23-20-17-14-13-15-18-21-24-27-30-33-38(42)4-2/h14-15,17-18,23-24,26-27,30,33,38-39,42H,3-13,16,19-22,25,28-29,31-32,34-37H2,1-2H3,(H2,45,46,47)/b17-14-,18-15-,26-23-,27-24-,33-30+/t38-,39-/m1/s1. The zero-order valence-corrected chi connectivity index (χ0v) is 32.7. The third-order valence-electron chi connectivity index (χ3n) is 8.21. The number of aliphatic hydroxyl groups is 1. The van der Waals surface area contributed by atoms with Gasteiger partial charge in [0.05, 0.1) is 12.7 Å². The van der Waals surface area contributed by atoms with Gasteiger partial charge in [-0.2, -0.15) is 0 Å². The zero-order valence-electron chi connectivity index (χ0n) is 31.8. The van der Waals surface area contributed by atoms with Gasteiger partial charge in [0, 0.05) is 12.8 Å². The molecule has 3 N–H and O–H groups in total. The maximum Gasteiger partial charge on any atom is 0.469 e. The molecule has 0 radical (unpaired) electrons. The Morgan fingerprint density at radius 1 is 0.608 bits per heavy atom. The SMILES string of the molecule is CCCCCCCCCCCCCCCCCC(=O)OC[C@H](COP(=O)(O)O)OC(=O)CCC/C=C\C/C=C\C/C=C\C/C=C\C=C\[C@H](O)CC. The van der Waals surface area contributed by atoms with E-state index in [1.807, 2.05) is 37.3 Å². The van der Waals surface area contributed by atoms with E-state index in [4.69, 9.17) is 19.3 Å². The van der Waals surface area contributed by atoms with Crippen LogP contribution < -0.4 is 0 Å². The van der Waals surface area contributed by atoms with Crippen LogP contribution >= 0.6 is 7.82 Å². The lowest BCUT2D eigenvalue weighted by Crippen LogP contribution is -2.29. The van der Waals surface area contributed by atoms with Gasteiger partial charge < -0.3 is 24.4 Å². The summed E-state index contributed by atoms with van der Waals surface area (Å²) in [6, 6.07) is 0. The van der Waals surface area contributed by atoms with Gasteiger partial charge in [-0.25, -0.2) is 4.57 Å². The van der Waals surface area contributed by atoms with E-state index in [0.29, 0.717) is 25.7 Å². The lowest BCUT2D eigenvalue weighted by Gasteiger charge is -2.18. The van der Waals surface area contributed by atoms with Gasteiger partial charge in [0.1, 0.15) is 6.61 Å². The average molecular weight is 739 g/mol. The molecule has 0 rings (SSSR count). The van der Waals surface area contributed by atoms with E-state index in [9.17, 15) is 19.3 Å². The van der Waals surface area contributed by atoms with Crippen LogP contribution in [0.4, 0.5) is 0 Å². The van der Waals surface area contributed by atoms with Gasteiger partial charge in [0.15, 0.2) is 6.10 Å². The van der Waals surface area contributed by atoms with Crippen molar-refractivity contribution in [2.24, 2.45) is 0 Å². The fourth-order valence-corrected chi connectivity index (χ4v) is 5.48. The number of unbranched alkanes of at least 4 members (excludes halogenated alkanes) is 15. The normalized spacial score (nSPS) is 13.7. The summed E-state index contributed by atoms with van der Waals surface area (Å²) in [4.78, 5) is 42.7. The second-order valence-electron chi connectivity index (χ2n) is 13.1. The van der Waals surface area contributed by atoms with Gasteiger partial charge in [0.25, 0.3) is 0 Å². The maximum atomic E-state index is 12.4. The van der Waals surface area contributed by atoms with E-state index in [0.717, 1.165) is 32.1 Å². The van der Waals surface area contributed by atoms with E-state index >= 15 is 0 Å². The molecule has 0 spiro atoms. The summed E-state index contributed by atoms with van der Waals surface area (Å²) in [5, 5.41) is 9.45. The van der Waals surface area contributed by atoms with Crippen molar-refractivity contribution in [2.75, 3.05) is 13.2 Å². The number of hydrogen-bond acceptors (Lipinski definition) is 7. The molecule has 294 valence electrons. The molecule has 0 fully saturated rings. The molecule has 0 aromatic heterocycles. The summed E-state index contributed by atoms with van der Waals surface area (Å²) in [5.74, 6) is -0.973. The summed E-state index contributed by atoms with van der Waals surface area (Å²) >= 11 is 0. The Bertz CT molecular complexity index is 1030. The highest BCUT2D eigenvalue weighted by Crippen LogP contribution is 2.36. The Hall–Kier alpha value is -2.29. The highest BCUT2D eigenvalue weighted by atomic mass is 31.2. The average Bonchev–Trinajstić information content (AvgIpc) is 3.10. The first kappa shape index (κ1) is 48.7. The maximum absolute atomic E-state index is 12.4. The van der Waals surface area contributed by atoms with Crippen molar-refractivity contribution in [3.63, 3.8) is 0 Å². The predicted molar refractivity (Wildman–Crippen MR) is 208 cm³/mol. The second kappa shape index (κ2) is 36.1. The number of ether oxygens (including phenoxy) is 2. The van der Waals surface area contributed by atoms with Crippen LogP contribution in [0, 0.1) is 0 Å². The van der Waals surface area contributed by atoms with Crippen LogP contribution in [0.5, 0.6) is 0 Å². The fraction of sp³-hybridized carbons (Fsp3) is 0.707. The van der Waals surface area contributed by atoms with Gasteiger partial charge in [-0.1, -0.05) is 164 Å². The van der Waals surface area contributed by atoms with E-state index in [2.05, 4.69) is 35.8 Å². The highest BCUT2D eigenvalue weighted by Gasteiger charge is 2.22. The summed E-state index contributed by atoms with van der Waals surface area (Å²) in [6.07, 6.45) is 41.8. The van der Waals surface area contributed by atoms with Crippen LogP contribution in [0.2, 0.25) is 0 Å². The van der Waals surface area contributed by atoms with Crippen LogP contribution in [0.1, 0.15) is 162 Å². The number of carbonyl (C=O) groups is 2. The topological polar surface area (TPSA) is 140 Å². The molecule has 51 heavy (non-hydrogen) atoms. The summed E-state index contributed by atoms with van der Waals surface area (Å²) < 4.78 is 26.3. The number of aliphatic hydroxyl groups excluding tert-OH is 1. The van der Waals surface area contributed by atoms with Crippen LogP contribution in [0.25, 0.3) is 0 Å². The summed E-state index contributed by atoms with van der Waals surface area (Å²) in [7, 11) is -4.78. The lowest BCUT2D eigenvalue weighted by molar-refractivity contribution is -0.161. The Balaban J connectivity index is 4.07. The molecule has 10 heteroatoms. The van der Waals surface area contributed by atoms with Crippen molar-refractivity contribution >= 4 is 19.8 Å². The van der Waals surface area contributed by atoms with E-state index in [-0.39, 0.29) is 25.6 Å². The van der Waals surface area contributed by atoms with Gasteiger partial charge in [-0.15, -0.1) is 0 Å². The zero-order chi connectivity index (χ0) is 37.7. The van der Waals surface area contributed by atoms with Gasteiger partial charge in [-0.05, 0) is 44.9 Å². The van der Waals surface area contributed by atoms with Crippen LogP contribution in [-0.4, -0.2) is 52.3 Å². The van der Waals surface area contributed by atoms with Crippen LogP contribution in [-0.2, 0) is 28.2 Å². The number of phosphoric acid groups is 1. The lowest BCUT2D eigenvalue weighted by atomic mass is 10.0. The number of allylic oxidation sites excluding steroid dienone is 9. The molecule has 0 bridgehead atoms. The van der Waals surface area contributed by atoms with Gasteiger partial charge in [-0.3, -0.25) is 14.1 Å². The molecule has 0 aliphatic carbocycles. The molecule has 0 aliphatic rings. The largest absolute Gasteiger partial charge is 0.469 e. The molecular weight excluding hydrogens is 667 g/mol. The van der Waals surface area contributed by atoms with Crippen molar-refractivity contribution in [2.45, 2.75) is 174 Å². The molecule has 0 amide bonds. The Morgan fingerprint density at radius 3 is 1.63 bits per heavy atom. The summed E-state index contributed by atoms with van der Waals surface area (Å²) in [6.45, 7) is 3.30. The molecule has 2 atom stereocenters.